The monoisotopic (exact) mass is 551 g/mol. The summed E-state index contributed by atoms with van der Waals surface area (Å²) in [6.07, 6.45) is 0.108. The van der Waals surface area contributed by atoms with E-state index < -0.39 is 35.1 Å². The van der Waals surface area contributed by atoms with Crippen LogP contribution in [0.2, 0.25) is 0 Å². The van der Waals surface area contributed by atoms with Crippen molar-refractivity contribution in [2.24, 2.45) is 0 Å². The first-order valence-corrected chi connectivity index (χ1v) is 13.1. The van der Waals surface area contributed by atoms with Gasteiger partial charge in [-0.05, 0) is 47.5 Å². The molecule has 1 fully saturated rings. The summed E-state index contributed by atoms with van der Waals surface area (Å²) in [5, 5.41) is 16.4. The number of rotatable bonds is 6. The number of halogens is 1. The highest BCUT2D eigenvalue weighted by atomic mass is 19.1. The first-order valence-electron chi connectivity index (χ1n) is 13.1. The molecule has 41 heavy (non-hydrogen) atoms. The molecule has 3 N–H and O–H groups in total. The van der Waals surface area contributed by atoms with Gasteiger partial charge in [-0.1, -0.05) is 36.4 Å². The summed E-state index contributed by atoms with van der Waals surface area (Å²) in [5.74, 6) is -1.25. The van der Waals surface area contributed by atoms with Crippen LogP contribution in [0.3, 0.4) is 0 Å². The third-order valence-corrected chi connectivity index (χ3v) is 7.94. The molecule has 206 valence electrons. The van der Waals surface area contributed by atoms with Crippen molar-refractivity contribution < 1.29 is 23.5 Å². The molecule has 2 aliphatic rings. The highest BCUT2D eigenvalue weighted by Crippen LogP contribution is 2.46. The molecule has 2 aliphatic heterocycles. The lowest BCUT2D eigenvalue weighted by atomic mass is 9.80. The van der Waals surface area contributed by atoms with Crippen molar-refractivity contribution >= 4 is 34.3 Å². The van der Waals surface area contributed by atoms with E-state index in [1.807, 2.05) is 18.2 Å². The Morgan fingerprint density at radius 3 is 2.76 bits per heavy atom. The summed E-state index contributed by atoms with van der Waals surface area (Å²) >= 11 is 0. The van der Waals surface area contributed by atoms with Crippen LogP contribution in [0.1, 0.15) is 28.0 Å². The molecule has 1 spiro atoms. The van der Waals surface area contributed by atoms with E-state index in [0.29, 0.717) is 27.9 Å². The van der Waals surface area contributed by atoms with Crippen LogP contribution in [0.25, 0.3) is 10.9 Å². The third kappa shape index (κ3) is 4.45. The van der Waals surface area contributed by atoms with Crippen molar-refractivity contribution in [1.82, 2.24) is 15.2 Å². The smallest absolute Gasteiger partial charge is 0.268 e. The zero-order valence-electron chi connectivity index (χ0n) is 22.1. The number of benzene rings is 3. The molecule has 3 amide bonds. The number of amides is 3. The van der Waals surface area contributed by atoms with Gasteiger partial charge in [-0.2, -0.15) is 5.26 Å². The molecular weight excluding hydrogens is 525 g/mol. The molecule has 1 unspecified atom stereocenters. The van der Waals surface area contributed by atoms with E-state index in [1.165, 1.54) is 30.2 Å². The quantitative estimate of drug-likeness (QED) is 0.337. The normalized spacial score (nSPS) is 20.0. The number of hydrogen-bond donors (Lipinski definition) is 3. The van der Waals surface area contributed by atoms with Gasteiger partial charge in [-0.15, -0.1) is 0 Å². The number of carbonyl (C=O) groups is 3. The third-order valence-electron chi connectivity index (χ3n) is 7.94. The van der Waals surface area contributed by atoms with Crippen LogP contribution in [0.5, 0.6) is 5.75 Å². The number of nitrogens with zero attached hydrogens (tertiary/aromatic N) is 2. The Balaban J connectivity index is 1.33. The molecule has 1 aromatic heterocycles. The van der Waals surface area contributed by atoms with Crippen LogP contribution in [0.15, 0.2) is 72.8 Å². The fourth-order valence-corrected chi connectivity index (χ4v) is 5.95. The zero-order chi connectivity index (χ0) is 28.7. The summed E-state index contributed by atoms with van der Waals surface area (Å²) in [6.45, 7) is -0.0218. The molecule has 0 bridgehead atoms. The van der Waals surface area contributed by atoms with Crippen LogP contribution in [-0.4, -0.2) is 53.3 Å². The molecule has 6 rings (SSSR count). The second-order valence-electron chi connectivity index (χ2n) is 10.4. The molecule has 3 aromatic carbocycles. The number of likely N-dealkylation sites (tertiary alicyclic amines) is 1. The summed E-state index contributed by atoms with van der Waals surface area (Å²) in [4.78, 5) is 45.2. The molecule has 10 heteroatoms. The molecular formula is C31H26FN5O4. The Morgan fingerprint density at radius 1 is 1.17 bits per heavy atom. The highest BCUT2D eigenvalue weighted by Gasteiger charge is 2.56. The van der Waals surface area contributed by atoms with Crippen LogP contribution in [0.4, 0.5) is 10.1 Å². The zero-order valence-corrected chi connectivity index (χ0v) is 22.1. The minimum Gasteiger partial charge on any atom is -0.496 e. The van der Waals surface area contributed by atoms with Gasteiger partial charge in [0.2, 0.25) is 11.8 Å². The number of hydrogen-bond acceptors (Lipinski definition) is 5. The van der Waals surface area contributed by atoms with E-state index in [4.69, 9.17) is 4.74 Å². The SMILES string of the molecule is COc1cccc2[nH]c(C(=O)NC(Cc3cccc(F)c3)C(=O)N3C[C@]4(C[C@H]3C#N)C(=O)Nc3ccccc34)cc12. The number of methoxy groups -OCH3 is 1. The van der Waals surface area contributed by atoms with Gasteiger partial charge in [0.25, 0.3) is 5.91 Å². The minimum atomic E-state index is -1.14. The average Bonchev–Trinajstić information content (AvgIpc) is 3.66. The van der Waals surface area contributed by atoms with Crippen molar-refractivity contribution in [1.29, 1.82) is 5.26 Å². The molecule has 0 saturated carbocycles. The molecule has 4 aromatic rings. The number of ether oxygens (including phenoxy) is 1. The van der Waals surface area contributed by atoms with Crippen molar-refractivity contribution in [2.45, 2.75) is 30.3 Å². The Bertz CT molecular complexity index is 1740. The van der Waals surface area contributed by atoms with Crippen LogP contribution in [0, 0.1) is 17.1 Å². The van der Waals surface area contributed by atoms with E-state index in [0.717, 1.165) is 5.56 Å². The second kappa shape index (κ2) is 10.1. The van der Waals surface area contributed by atoms with Crippen LogP contribution >= 0.6 is 0 Å². The predicted octanol–water partition coefficient (Wildman–Crippen LogP) is 3.67. The maximum Gasteiger partial charge on any atom is 0.268 e. The lowest BCUT2D eigenvalue weighted by Gasteiger charge is -2.27. The number of anilines is 1. The van der Waals surface area contributed by atoms with Crippen molar-refractivity contribution in [3.05, 3.63) is 95.4 Å². The van der Waals surface area contributed by atoms with Gasteiger partial charge < -0.3 is 25.3 Å². The van der Waals surface area contributed by atoms with Crippen LogP contribution < -0.4 is 15.4 Å². The number of aromatic nitrogens is 1. The number of carbonyl (C=O) groups excluding carboxylic acids is 3. The maximum absolute atomic E-state index is 14.1. The molecule has 3 atom stereocenters. The highest BCUT2D eigenvalue weighted by molar-refractivity contribution is 6.07. The standard InChI is InChI=1S/C31H26FN5O4/c1-41-27-11-5-10-23-21(27)14-25(34-23)28(38)35-26(13-18-6-4-7-19(32)12-18)29(39)37-17-31(15-20(37)16-33)22-8-2-3-9-24(22)36-30(31)40/h2-12,14,20,26,34H,13,15,17H2,1H3,(H,35,38)(H,36,40)/t20-,26?,31-/m0/s1. The van der Waals surface area contributed by atoms with Crippen molar-refractivity contribution in [2.75, 3.05) is 19.0 Å². The Hall–Kier alpha value is -5.17. The summed E-state index contributed by atoms with van der Waals surface area (Å²) in [6, 6.07) is 20.2. The summed E-state index contributed by atoms with van der Waals surface area (Å²) < 4.78 is 19.4. The van der Waals surface area contributed by atoms with Gasteiger partial charge in [0, 0.05) is 36.0 Å². The molecule has 1 saturated heterocycles. The Kier molecular flexibility index (Phi) is 6.42. The van der Waals surface area contributed by atoms with Crippen molar-refractivity contribution in [3.63, 3.8) is 0 Å². The molecule has 3 heterocycles. The molecule has 0 aliphatic carbocycles. The fraction of sp³-hybridized carbons (Fsp3) is 0.226. The van der Waals surface area contributed by atoms with Gasteiger partial charge in [0.15, 0.2) is 0 Å². The lowest BCUT2D eigenvalue weighted by Crippen LogP contribution is -2.51. The van der Waals surface area contributed by atoms with E-state index in [9.17, 15) is 24.0 Å². The topological polar surface area (TPSA) is 127 Å². The van der Waals surface area contributed by atoms with Gasteiger partial charge in [0.1, 0.15) is 29.3 Å². The van der Waals surface area contributed by atoms with Gasteiger partial charge in [-0.3, -0.25) is 14.4 Å². The molecule has 9 nitrogen and oxygen atoms in total. The van der Waals surface area contributed by atoms with Gasteiger partial charge in [0.05, 0.1) is 18.6 Å². The molecule has 0 radical (unpaired) electrons. The summed E-state index contributed by atoms with van der Waals surface area (Å²) in [7, 11) is 1.53. The second-order valence-corrected chi connectivity index (χ2v) is 10.4. The van der Waals surface area contributed by atoms with E-state index >= 15 is 0 Å². The predicted molar refractivity (Wildman–Crippen MR) is 149 cm³/mol. The number of aromatic amines is 1. The van der Waals surface area contributed by atoms with E-state index in [1.54, 1.807) is 36.4 Å². The van der Waals surface area contributed by atoms with Crippen molar-refractivity contribution in [3.8, 4) is 11.8 Å². The first-order chi connectivity index (χ1) is 19.8. The summed E-state index contributed by atoms with van der Waals surface area (Å²) in [5.41, 5.74) is 1.70. The Labute approximate surface area is 234 Å². The van der Waals surface area contributed by atoms with Crippen LogP contribution in [-0.2, 0) is 21.4 Å². The largest absolute Gasteiger partial charge is 0.496 e. The number of H-pyrrole nitrogens is 1. The Morgan fingerprint density at radius 2 is 1.98 bits per heavy atom. The number of nitrogens with one attached hydrogen (secondary N) is 3. The lowest BCUT2D eigenvalue weighted by molar-refractivity contribution is -0.133. The van der Waals surface area contributed by atoms with Gasteiger partial charge >= 0.3 is 0 Å². The number of fused-ring (bicyclic) bond motifs is 3. The average molecular weight is 552 g/mol. The maximum atomic E-state index is 14.1. The number of para-hydroxylation sites is 1. The van der Waals surface area contributed by atoms with Gasteiger partial charge in [-0.25, -0.2) is 4.39 Å². The van der Waals surface area contributed by atoms with E-state index in [2.05, 4.69) is 21.7 Å². The fourth-order valence-electron chi connectivity index (χ4n) is 5.95. The minimum absolute atomic E-state index is 0.0175. The van der Waals surface area contributed by atoms with E-state index in [-0.39, 0.29) is 31.0 Å². The first kappa shape index (κ1) is 26.1. The number of nitriles is 1.